The Bertz CT molecular complexity index is 1300. The van der Waals surface area contributed by atoms with Gasteiger partial charge in [0.05, 0.1) is 24.2 Å². The van der Waals surface area contributed by atoms with Crippen molar-refractivity contribution in [3.63, 3.8) is 0 Å². The molecule has 2 aromatic carbocycles. The first-order chi connectivity index (χ1) is 16.5. The van der Waals surface area contributed by atoms with E-state index in [1.54, 1.807) is 30.3 Å². The molecule has 1 amide bonds. The van der Waals surface area contributed by atoms with Gasteiger partial charge in [0.1, 0.15) is 18.3 Å². The molecule has 0 saturated heterocycles. The molecule has 3 rings (SSSR count). The number of fused-ring (bicyclic) bond motifs is 1. The molecule has 0 fully saturated rings. The number of hydrogen-bond acceptors (Lipinski definition) is 7. The van der Waals surface area contributed by atoms with Crippen LogP contribution in [0.15, 0.2) is 35.1 Å². The highest BCUT2D eigenvalue weighted by Gasteiger charge is 2.27. The maximum Gasteiger partial charge on any atom is 0.282 e. The van der Waals surface area contributed by atoms with Gasteiger partial charge in [-0.25, -0.2) is 4.98 Å². The highest BCUT2D eigenvalue weighted by Crippen LogP contribution is 2.21. The van der Waals surface area contributed by atoms with E-state index < -0.39 is 42.9 Å². The Morgan fingerprint density at radius 1 is 1.09 bits per heavy atom. The lowest BCUT2D eigenvalue weighted by atomic mass is 10.1. The van der Waals surface area contributed by atoms with E-state index in [-0.39, 0.29) is 12.2 Å². The summed E-state index contributed by atoms with van der Waals surface area (Å²) in [6.07, 6.45) is -4.50. The summed E-state index contributed by atoms with van der Waals surface area (Å²) in [5, 5.41) is 42.8. The summed E-state index contributed by atoms with van der Waals surface area (Å²) in [6.45, 7) is 2.67. The molecule has 0 unspecified atom stereocenters. The number of nitrogens with zero attached hydrogens (tertiary/aromatic N) is 2. The van der Waals surface area contributed by atoms with Crippen molar-refractivity contribution >= 4 is 40.1 Å². The number of aliphatic hydroxyl groups excluding tert-OH is 4. The molecule has 0 aliphatic rings. The maximum atomic E-state index is 13.2. The smallest absolute Gasteiger partial charge is 0.282 e. The van der Waals surface area contributed by atoms with Gasteiger partial charge in [0.15, 0.2) is 5.69 Å². The number of aryl methyl sites for hydroxylation is 2. The average Bonchev–Trinajstić information content (AvgIpc) is 2.82. The largest absolute Gasteiger partial charge is 0.394 e. The first-order valence-corrected chi connectivity index (χ1v) is 11.7. The summed E-state index contributed by atoms with van der Waals surface area (Å²) in [5.74, 6) is -0.709. The Morgan fingerprint density at radius 3 is 2.43 bits per heavy atom. The molecule has 35 heavy (non-hydrogen) atoms. The lowest BCUT2D eigenvalue weighted by molar-refractivity contribution is -0.0805. The van der Waals surface area contributed by atoms with E-state index in [0.29, 0.717) is 27.5 Å². The van der Waals surface area contributed by atoms with Gasteiger partial charge in [-0.15, -0.1) is 0 Å². The van der Waals surface area contributed by atoms with Crippen molar-refractivity contribution in [2.24, 2.45) is 0 Å². The molecule has 1 heterocycles. The Kier molecular flexibility index (Phi) is 8.87. The molecule has 0 bridgehead atoms. The molecule has 3 aromatic rings. The minimum absolute atomic E-state index is 0.177. The van der Waals surface area contributed by atoms with Gasteiger partial charge >= 0.3 is 0 Å². The Hall–Kier alpha value is -2.53. The molecule has 0 aliphatic carbocycles. The summed E-state index contributed by atoms with van der Waals surface area (Å²) < 4.78 is 1.14. The highest BCUT2D eigenvalue weighted by molar-refractivity contribution is 6.35. The summed E-state index contributed by atoms with van der Waals surface area (Å²) in [4.78, 5) is 30.4. The van der Waals surface area contributed by atoms with Gasteiger partial charge < -0.3 is 30.3 Å². The van der Waals surface area contributed by atoms with E-state index >= 15 is 0 Å². The number of carbonyl (C=O) groups is 1. The van der Waals surface area contributed by atoms with E-state index in [9.17, 15) is 24.9 Å². The fourth-order valence-corrected chi connectivity index (χ4v) is 4.11. The van der Waals surface area contributed by atoms with E-state index in [1.807, 2.05) is 13.8 Å². The fraction of sp³-hybridized carbons (Fsp3) is 0.375. The third-order valence-electron chi connectivity index (χ3n) is 5.82. The van der Waals surface area contributed by atoms with Crippen molar-refractivity contribution in [3.05, 3.63) is 73.1 Å². The molecule has 0 aliphatic heterocycles. The normalized spacial score (nSPS) is 14.1. The van der Waals surface area contributed by atoms with Crippen LogP contribution in [0.1, 0.15) is 27.2 Å². The number of carbonyl (C=O) groups excluding carboxylic acids is 1. The number of amides is 1. The lowest BCUT2D eigenvalue weighted by Gasteiger charge is -2.23. The second-order valence-corrected chi connectivity index (χ2v) is 9.19. The first-order valence-electron chi connectivity index (χ1n) is 10.9. The van der Waals surface area contributed by atoms with Crippen LogP contribution in [0.4, 0.5) is 0 Å². The van der Waals surface area contributed by atoms with Crippen LogP contribution < -0.4 is 10.9 Å². The molecule has 5 N–H and O–H groups in total. The van der Waals surface area contributed by atoms with Gasteiger partial charge in [0.2, 0.25) is 0 Å². The van der Waals surface area contributed by atoms with Crippen molar-refractivity contribution in [2.75, 3.05) is 13.2 Å². The topological polar surface area (TPSA) is 145 Å². The van der Waals surface area contributed by atoms with Gasteiger partial charge in [-0.3, -0.25) is 9.59 Å². The zero-order valence-electron chi connectivity index (χ0n) is 19.2. The standard InChI is InChI=1S/C24H27Cl2N3O6/c1-12-7-17-18(8-13(12)2)29(10-19(31)22(33)20(32)11-30)24(35)21(28-17)23(34)27-6-5-14-3-4-15(25)9-16(14)26/h3-4,7-9,19-20,22,30-33H,5-6,10-11H2,1-2H3,(H,27,34)/t19-,20+,22-/m0/s1. The number of hydrogen-bond donors (Lipinski definition) is 5. The molecular formula is C24H27Cl2N3O6. The van der Waals surface area contributed by atoms with E-state index in [4.69, 9.17) is 28.3 Å². The number of aliphatic hydroxyl groups is 4. The van der Waals surface area contributed by atoms with Crippen LogP contribution in [0.2, 0.25) is 10.0 Å². The van der Waals surface area contributed by atoms with Crippen molar-refractivity contribution in [1.29, 1.82) is 0 Å². The van der Waals surface area contributed by atoms with Crippen LogP contribution in [0.5, 0.6) is 0 Å². The minimum Gasteiger partial charge on any atom is -0.394 e. The molecule has 188 valence electrons. The monoisotopic (exact) mass is 523 g/mol. The molecule has 9 nitrogen and oxygen atoms in total. The quantitative estimate of drug-likeness (QED) is 0.284. The number of nitrogens with one attached hydrogen (secondary N) is 1. The van der Waals surface area contributed by atoms with Gasteiger partial charge in [-0.1, -0.05) is 29.3 Å². The van der Waals surface area contributed by atoms with Crippen LogP contribution in [0.3, 0.4) is 0 Å². The molecular weight excluding hydrogens is 497 g/mol. The van der Waals surface area contributed by atoms with Crippen molar-refractivity contribution in [3.8, 4) is 0 Å². The van der Waals surface area contributed by atoms with Gasteiger partial charge in [-0.2, -0.15) is 0 Å². The SMILES string of the molecule is Cc1cc2nc(C(=O)NCCc3ccc(Cl)cc3Cl)c(=O)n(C[C@H](O)[C@H](O)[C@H](O)CO)c2cc1C. The van der Waals surface area contributed by atoms with Gasteiger partial charge in [0, 0.05) is 16.6 Å². The molecule has 0 saturated carbocycles. The van der Waals surface area contributed by atoms with Crippen LogP contribution in [-0.4, -0.2) is 67.3 Å². The number of halogens is 2. The van der Waals surface area contributed by atoms with E-state index in [2.05, 4.69) is 10.3 Å². The zero-order valence-corrected chi connectivity index (χ0v) is 20.7. The predicted octanol–water partition coefficient (Wildman–Crippen LogP) is 1.37. The van der Waals surface area contributed by atoms with Crippen LogP contribution in [0.25, 0.3) is 11.0 Å². The third kappa shape index (κ3) is 6.19. The van der Waals surface area contributed by atoms with Crippen molar-refractivity contribution in [2.45, 2.75) is 45.1 Å². The Morgan fingerprint density at radius 2 is 1.77 bits per heavy atom. The first kappa shape index (κ1) is 27.1. The maximum absolute atomic E-state index is 13.2. The summed E-state index contributed by atoms with van der Waals surface area (Å²) in [7, 11) is 0. The van der Waals surface area contributed by atoms with Crippen LogP contribution in [-0.2, 0) is 13.0 Å². The Labute approximate surface area is 211 Å². The summed E-state index contributed by atoms with van der Waals surface area (Å²) in [6, 6.07) is 8.45. The second-order valence-electron chi connectivity index (χ2n) is 8.35. The average molecular weight is 524 g/mol. The van der Waals surface area contributed by atoms with Crippen molar-refractivity contribution in [1.82, 2.24) is 14.9 Å². The fourth-order valence-electron chi connectivity index (χ4n) is 3.60. The summed E-state index contributed by atoms with van der Waals surface area (Å²) in [5.41, 5.74) is 2.06. The number of rotatable bonds is 9. The molecule has 11 heteroatoms. The molecule has 3 atom stereocenters. The van der Waals surface area contributed by atoms with E-state index in [0.717, 1.165) is 21.3 Å². The molecule has 1 aromatic heterocycles. The zero-order chi connectivity index (χ0) is 25.9. The lowest BCUT2D eigenvalue weighted by Crippen LogP contribution is -2.44. The van der Waals surface area contributed by atoms with Crippen molar-refractivity contribution < 1.29 is 25.2 Å². The van der Waals surface area contributed by atoms with Gasteiger partial charge in [-0.05, 0) is 61.2 Å². The summed E-state index contributed by atoms with van der Waals surface area (Å²) >= 11 is 12.1. The Balaban J connectivity index is 1.93. The number of aromatic nitrogens is 2. The van der Waals surface area contributed by atoms with Crippen LogP contribution >= 0.6 is 23.2 Å². The van der Waals surface area contributed by atoms with E-state index in [1.165, 1.54) is 0 Å². The second kappa shape index (κ2) is 11.5. The molecule has 0 radical (unpaired) electrons. The third-order valence-corrected chi connectivity index (χ3v) is 6.40. The molecule has 0 spiro atoms. The number of benzene rings is 2. The predicted molar refractivity (Wildman–Crippen MR) is 133 cm³/mol. The highest BCUT2D eigenvalue weighted by atomic mass is 35.5. The van der Waals surface area contributed by atoms with Gasteiger partial charge in [0.25, 0.3) is 11.5 Å². The van der Waals surface area contributed by atoms with Crippen LogP contribution in [0, 0.1) is 13.8 Å². The minimum atomic E-state index is -1.71.